The minimum atomic E-state index is -0.0300. The number of halogens is 1. The quantitative estimate of drug-likeness (QED) is 0.318. The van der Waals surface area contributed by atoms with E-state index < -0.39 is 0 Å². The number of hydrogen-bond acceptors (Lipinski definition) is 3. The predicted octanol–water partition coefficient (Wildman–Crippen LogP) is 0.417. The summed E-state index contributed by atoms with van der Waals surface area (Å²) in [4.78, 5) is 0. The Bertz CT molecular complexity index is 10.8. The monoisotopic (exact) mass is 175 g/mol. The molecule has 0 atom stereocenters. The third-order valence-corrected chi connectivity index (χ3v) is 0. The summed E-state index contributed by atoms with van der Waals surface area (Å²) in [7, 11) is 0. The first-order valence-electron chi connectivity index (χ1n) is 0.569. The summed E-state index contributed by atoms with van der Waals surface area (Å²) in [6, 6.07) is 0. The Balaban J connectivity index is 2.32. The van der Waals surface area contributed by atoms with Crippen LogP contribution in [0.15, 0.2) is 0 Å². The summed E-state index contributed by atoms with van der Waals surface area (Å²) >= 11 is 1.29. The first-order valence-corrected chi connectivity index (χ1v) is 1.53. The van der Waals surface area contributed by atoms with Gasteiger partial charge in [0, 0.05) is 0 Å². The van der Waals surface area contributed by atoms with Crippen molar-refractivity contribution in [3.63, 3.8) is 0 Å². The molecule has 0 aromatic heterocycles. The van der Waals surface area contributed by atoms with Crippen LogP contribution in [0.4, 0.5) is 0 Å². The Labute approximate surface area is 37.2 Å². The summed E-state index contributed by atoms with van der Waals surface area (Å²) in [5.41, 5.74) is 0. The molecule has 0 aliphatic rings. The Kier molecular flexibility index (Phi) is 2.17. The van der Waals surface area contributed by atoms with Crippen LogP contribution in [0.25, 0.3) is 0 Å². The van der Waals surface area contributed by atoms with Crippen LogP contribution in [-0.4, -0.2) is 13.9 Å². The fourth-order valence-electron chi connectivity index (χ4n) is 0. The van der Waals surface area contributed by atoms with E-state index in [4.69, 9.17) is 10.4 Å². The molecule has 4 heavy (non-hydrogen) atoms. The van der Waals surface area contributed by atoms with Gasteiger partial charge in [-0.25, -0.2) is 0 Å². The maximum Gasteiger partial charge on any atom is 0.0860 e. The SMILES string of the molecule is ON(O)I. The average Bonchev–Trinajstić information content (AvgIpc) is 0.811. The normalized spacial score (nSPS) is 9.00. The number of rotatable bonds is 0. The van der Waals surface area contributed by atoms with E-state index in [9.17, 15) is 0 Å². The summed E-state index contributed by atoms with van der Waals surface area (Å²) in [5.74, 6) is 0. The summed E-state index contributed by atoms with van der Waals surface area (Å²) in [5, 5.41) is 14.9. The van der Waals surface area contributed by atoms with Gasteiger partial charge in [-0.2, -0.15) is 0 Å². The highest BCUT2D eigenvalue weighted by molar-refractivity contribution is 14.1. The Morgan fingerprint density at radius 2 is 1.50 bits per heavy atom. The fourth-order valence-corrected chi connectivity index (χ4v) is 0. The molecule has 2 N–H and O–H groups in total. The first kappa shape index (κ1) is 4.61. The largest absolute Gasteiger partial charge is 0.281 e. The molecule has 0 fully saturated rings. The second kappa shape index (κ2) is 1.89. The van der Waals surface area contributed by atoms with Gasteiger partial charge in [0.05, 0.1) is 22.9 Å². The standard InChI is InChI=1S/H2INO2/c1-2(3)4/h3-4H. The number of nitrogens with zero attached hydrogens (tertiary/aromatic N) is 1. The van der Waals surface area contributed by atoms with E-state index in [0.29, 0.717) is 0 Å². The fraction of sp³-hybridized carbons (Fsp3) is 0. The second-order valence-corrected chi connectivity index (χ2v) is 1.10. The van der Waals surface area contributed by atoms with Gasteiger partial charge in [0.2, 0.25) is 0 Å². The van der Waals surface area contributed by atoms with E-state index in [-0.39, 0.29) is 3.44 Å². The van der Waals surface area contributed by atoms with E-state index in [1.165, 1.54) is 22.9 Å². The first-order chi connectivity index (χ1) is 1.73. The van der Waals surface area contributed by atoms with Gasteiger partial charge in [-0.1, -0.05) is 0 Å². The van der Waals surface area contributed by atoms with E-state index in [0.717, 1.165) is 0 Å². The third kappa shape index (κ3) is 18.2. The number of hydrogen-bond donors (Lipinski definition) is 2. The van der Waals surface area contributed by atoms with E-state index in [1.807, 2.05) is 0 Å². The average molecular weight is 175 g/mol. The Morgan fingerprint density at radius 1 is 1.50 bits per heavy atom. The molecule has 0 heterocycles. The molecule has 0 saturated carbocycles. The summed E-state index contributed by atoms with van der Waals surface area (Å²) in [6.07, 6.45) is 0. The van der Waals surface area contributed by atoms with Gasteiger partial charge in [0.15, 0.2) is 0 Å². The molecule has 0 aromatic rings. The molecule has 0 spiro atoms. The predicted molar refractivity (Wildman–Crippen MR) is 19.4 cm³/mol. The van der Waals surface area contributed by atoms with Crippen LogP contribution in [0.3, 0.4) is 0 Å². The highest BCUT2D eigenvalue weighted by atomic mass is 127. The lowest BCUT2D eigenvalue weighted by molar-refractivity contribution is -0.194. The van der Waals surface area contributed by atoms with E-state index >= 15 is 0 Å². The van der Waals surface area contributed by atoms with Crippen molar-refractivity contribution in [1.29, 1.82) is 0 Å². The van der Waals surface area contributed by atoms with Gasteiger partial charge in [0.25, 0.3) is 0 Å². The summed E-state index contributed by atoms with van der Waals surface area (Å²) < 4.78 is -0.0300. The van der Waals surface area contributed by atoms with Crippen molar-refractivity contribution >= 4 is 22.9 Å². The molecule has 0 radical (unpaired) electrons. The molecule has 0 saturated heterocycles. The molecule has 0 aromatic carbocycles. The van der Waals surface area contributed by atoms with Crippen molar-refractivity contribution in [2.45, 2.75) is 0 Å². The van der Waals surface area contributed by atoms with Crippen LogP contribution in [0.5, 0.6) is 0 Å². The molecule has 0 bridgehead atoms. The minimum absolute atomic E-state index is 0.0300. The lowest BCUT2D eigenvalue weighted by atomic mass is 13.3. The van der Waals surface area contributed by atoms with Crippen LogP contribution in [0.1, 0.15) is 0 Å². The lowest BCUT2D eigenvalue weighted by Crippen LogP contribution is -1.91. The van der Waals surface area contributed by atoms with E-state index in [2.05, 4.69) is 0 Å². The molecule has 3 nitrogen and oxygen atoms in total. The van der Waals surface area contributed by atoms with Crippen molar-refractivity contribution in [2.24, 2.45) is 0 Å². The molecular weight excluding hydrogens is 173 g/mol. The third-order valence-electron chi connectivity index (χ3n) is 0. The van der Waals surface area contributed by atoms with Gasteiger partial charge in [-0.15, -0.1) is 0 Å². The summed E-state index contributed by atoms with van der Waals surface area (Å²) in [6.45, 7) is 0. The maximum absolute atomic E-state index is 7.43. The van der Waals surface area contributed by atoms with Crippen LogP contribution in [0, 0.1) is 0 Å². The Hall–Kier alpha value is 0.610. The molecule has 26 valence electrons. The van der Waals surface area contributed by atoms with Crippen LogP contribution in [0.2, 0.25) is 0 Å². The van der Waals surface area contributed by atoms with Gasteiger partial charge in [0.1, 0.15) is 0 Å². The van der Waals surface area contributed by atoms with Crippen LogP contribution < -0.4 is 0 Å². The van der Waals surface area contributed by atoms with Crippen molar-refractivity contribution in [2.75, 3.05) is 0 Å². The molecule has 0 unspecified atom stereocenters. The molecule has 0 aliphatic heterocycles. The highest BCUT2D eigenvalue weighted by Crippen LogP contribution is 1.78. The smallest absolute Gasteiger partial charge is 0.0860 e. The topological polar surface area (TPSA) is 43.7 Å². The molecule has 4 heteroatoms. The van der Waals surface area contributed by atoms with Crippen molar-refractivity contribution in [3.05, 3.63) is 0 Å². The molecular formula is H2INO2. The maximum atomic E-state index is 7.43. The van der Waals surface area contributed by atoms with Crippen molar-refractivity contribution in [3.8, 4) is 0 Å². The van der Waals surface area contributed by atoms with Crippen LogP contribution in [-0.2, 0) is 0 Å². The zero-order valence-electron chi connectivity index (χ0n) is 1.72. The molecule has 0 aliphatic carbocycles. The van der Waals surface area contributed by atoms with E-state index in [1.54, 1.807) is 0 Å². The zero-order valence-corrected chi connectivity index (χ0v) is 3.88. The minimum Gasteiger partial charge on any atom is -0.281 e. The highest BCUT2D eigenvalue weighted by Gasteiger charge is 1.66. The second-order valence-electron chi connectivity index (χ2n) is 0.241. The van der Waals surface area contributed by atoms with Gasteiger partial charge in [-0.3, -0.25) is 10.4 Å². The van der Waals surface area contributed by atoms with Crippen molar-refractivity contribution in [1.82, 2.24) is 3.44 Å². The van der Waals surface area contributed by atoms with Gasteiger partial charge in [-0.05, 0) is 3.44 Å². The van der Waals surface area contributed by atoms with Crippen molar-refractivity contribution < 1.29 is 10.4 Å². The van der Waals surface area contributed by atoms with Gasteiger partial charge >= 0.3 is 0 Å². The lowest BCUT2D eigenvalue weighted by Gasteiger charge is -1.82. The Morgan fingerprint density at radius 3 is 1.50 bits per heavy atom. The van der Waals surface area contributed by atoms with Crippen LogP contribution >= 0.6 is 22.9 Å². The molecule has 0 rings (SSSR count). The molecule has 0 amide bonds. The zero-order chi connectivity index (χ0) is 3.58. The van der Waals surface area contributed by atoms with Gasteiger partial charge < -0.3 is 0 Å².